The van der Waals surface area contributed by atoms with Gasteiger partial charge in [0.25, 0.3) is 0 Å². The van der Waals surface area contributed by atoms with Crippen LogP contribution in [0, 0.1) is 17.1 Å². The Morgan fingerprint density at radius 1 is 1.38 bits per heavy atom. The number of aliphatic hydroxyl groups excluding tert-OH is 1. The van der Waals surface area contributed by atoms with Crippen LogP contribution >= 0.6 is 11.3 Å². The molecule has 0 unspecified atom stereocenters. The summed E-state index contributed by atoms with van der Waals surface area (Å²) in [5.41, 5.74) is 0.974. The van der Waals surface area contributed by atoms with Gasteiger partial charge in [-0.05, 0) is 23.6 Å². The number of aliphatic hydroxyl groups is 1. The van der Waals surface area contributed by atoms with E-state index in [0.29, 0.717) is 26.2 Å². The average Bonchev–Trinajstić information content (AvgIpc) is 2.96. The summed E-state index contributed by atoms with van der Waals surface area (Å²) in [4.78, 5) is 4.77. The third-order valence-corrected chi connectivity index (χ3v) is 4.18. The lowest BCUT2D eigenvalue weighted by Gasteiger charge is -2.04. The first-order valence-corrected chi connectivity index (χ1v) is 6.88. The van der Waals surface area contributed by atoms with Crippen LogP contribution in [0.5, 0.6) is 0 Å². The van der Waals surface area contributed by atoms with Crippen LogP contribution in [-0.4, -0.2) is 10.1 Å². The van der Waals surface area contributed by atoms with Crippen molar-refractivity contribution in [2.24, 2.45) is 0 Å². The number of aromatic nitrogens is 1. The smallest absolute Gasteiger partial charge is 0.132 e. The highest BCUT2D eigenvalue weighted by Gasteiger charge is 2.12. The molecule has 0 fully saturated rings. The van der Waals surface area contributed by atoms with Crippen LogP contribution in [0.4, 0.5) is 4.39 Å². The molecular weight excluding hydrogens is 287 g/mol. The first-order valence-electron chi connectivity index (χ1n) is 6.07. The molecule has 5 heteroatoms. The monoisotopic (exact) mass is 296 g/mol. The van der Waals surface area contributed by atoms with E-state index in [2.05, 4.69) is 11.6 Å². The molecule has 1 aromatic heterocycles. The van der Waals surface area contributed by atoms with Crippen molar-refractivity contribution >= 4 is 27.9 Å². The Morgan fingerprint density at radius 2 is 2.19 bits per heavy atom. The van der Waals surface area contributed by atoms with E-state index < -0.39 is 5.82 Å². The zero-order valence-electron chi connectivity index (χ0n) is 10.8. The predicted octanol–water partition coefficient (Wildman–Crippen LogP) is 4.50. The lowest BCUT2D eigenvalue weighted by Crippen LogP contribution is -1.87. The van der Waals surface area contributed by atoms with E-state index in [-0.39, 0.29) is 11.3 Å². The molecule has 0 saturated heterocycles. The lowest BCUT2D eigenvalue weighted by molar-refractivity contribution is 0.515. The Morgan fingerprint density at radius 3 is 2.86 bits per heavy atom. The molecule has 0 amide bonds. The van der Waals surface area contributed by atoms with Gasteiger partial charge in [-0.25, -0.2) is 9.37 Å². The van der Waals surface area contributed by atoms with Gasteiger partial charge in [0.05, 0.1) is 16.5 Å². The Labute approximate surface area is 124 Å². The first kappa shape index (κ1) is 13.3. The Kier molecular flexibility index (Phi) is 3.16. The van der Waals surface area contributed by atoms with Crippen LogP contribution in [0.2, 0.25) is 0 Å². The van der Waals surface area contributed by atoms with Crippen molar-refractivity contribution in [3.8, 4) is 16.6 Å². The number of hydrogen-bond acceptors (Lipinski definition) is 4. The Balaban J connectivity index is 2.24. The summed E-state index contributed by atoms with van der Waals surface area (Å²) >= 11 is 1.26. The molecule has 0 aliphatic carbocycles. The fourth-order valence-corrected chi connectivity index (χ4v) is 2.91. The highest BCUT2D eigenvalue weighted by Crippen LogP contribution is 2.32. The predicted molar refractivity (Wildman–Crippen MR) is 81.4 cm³/mol. The zero-order valence-corrected chi connectivity index (χ0v) is 11.6. The molecule has 0 aliphatic heterocycles. The number of nitriles is 1. The van der Waals surface area contributed by atoms with Crippen molar-refractivity contribution in [3.63, 3.8) is 0 Å². The van der Waals surface area contributed by atoms with Gasteiger partial charge in [-0.15, -0.1) is 11.3 Å². The minimum atomic E-state index is -0.417. The van der Waals surface area contributed by atoms with Gasteiger partial charge in [-0.1, -0.05) is 18.7 Å². The Hall–Kier alpha value is -2.71. The van der Waals surface area contributed by atoms with E-state index in [9.17, 15) is 14.8 Å². The standard InChI is InChI=1S/C16H9FN2OS/c1-9(20)14-8-19-16(21-14)11-5-10-3-2-4-13(17)15(10)12(6-11)7-18/h2-6,8,20H,1H2. The summed E-state index contributed by atoms with van der Waals surface area (Å²) < 4.78 is 13.9. The van der Waals surface area contributed by atoms with Gasteiger partial charge in [-0.3, -0.25) is 0 Å². The van der Waals surface area contributed by atoms with Crippen LogP contribution < -0.4 is 0 Å². The van der Waals surface area contributed by atoms with Crippen molar-refractivity contribution in [2.45, 2.75) is 0 Å². The molecule has 21 heavy (non-hydrogen) atoms. The molecule has 1 N–H and O–H groups in total. The normalized spacial score (nSPS) is 10.5. The number of benzene rings is 2. The maximum atomic E-state index is 13.9. The topological polar surface area (TPSA) is 56.9 Å². The molecule has 3 aromatic rings. The third-order valence-electron chi connectivity index (χ3n) is 3.08. The maximum absolute atomic E-state index is 13.9. The largest absolute Gasteiger partial charge is 0.507 e. The van der Waals surface area contributed by atoms with Gasteiger partial charge in [0, 0.05) is 17.1 Å². The first-order chi connectivity index (χ1) is 10.1. The highest BCUT2D eigenvalue weighted by molar-refractivity contribution is 7.16. The van der Waals surface area contributed by atoms with Gasteiger partial charge in [-0.2, -0.15) is 5.26 Å². The third kappa shape index (κ3) is 2.26. The summed E-state index contributed by atoms with van der Waals surface area (Å²) in [6.45, 7) is 3.45. The van der Waals surface area contributed by atoms with Gasteiger partial charge < -0.3 is 5.11 Å². The number of nitrogens with zero attached hydrogens (tertiary/aromatic N) is 2. The van der Waals surface area contributed by atoms with Crippen LogP contribution in [0.15, 0.2) is 43.1 Å². The van der Waals surface area contributed by atoms with Crippen molar-refractivity contribution < 1.29 is 9.50 Å². The van der Waals surface area contributed by atoms with Gasteiger partial charge in [0.1, 0.15) is 16.6 Å². The average molecular weight is 296 g/mol. The second-order valence-electron chi connectivity index (χ2n) is 4.45. The molecule has 0 aliphatic rings. The number of rotatable bonds is 2. The van der Waals surface area contributed by atoms with Gasteiger partial charge in [0.15, 0.2) is 0 Å². The van der Waals surface area contributed by atoms with Crippen molar-refractivity contribution in [2.75, 3.05) is 0 Å². The maximum Gasteiger partial charge on any atom is 0.132 e. The van der Waals surface area contributed by atoms with Crippen LogP contribution in [0.1, 0.15) is 10.4 Å². The van der Waals surface area contributed by atoms with E-state index in [1.807, 2.05) is 6.07 Å². The minimum absolute atomic E-state index is 0.0499. The van der Waals surface area contributed by atoms with Crippen LogP contribution in [0.25, 0.3) is 27.1 Å². The minimum Gasteiger partial charge on any atom is -0.507 e. The molecule has 1 heterocycles. The van der Waals surface area contributed by atoms with E-state index in [4.69, 9.17) is 0 Å². The summed E-state index contributed by atoms with van der Waals surface area (Å²) in [6, 6.07) is 10.1. The summed E-state index contributed by atoms with van der Waals surface area (Å²) in [6.07, 6.45) is 1.52. The summed E-state index contributed by atoms with van der Waals surface area (Å²) in [7, 11) is 0. The van der Waals surface area contributed by atoms with Crippen LogP contribution in [-0.2, 0) is 0 Å². The van der Waals surface area contributed by atoms with Crippen LogP contribution in [0.3, 0.4) is 0 Å². The molecule has 0 radical (unpaired) electrons. The molecular formula is C16H9FN2OS. The molecule has 102 valence electrons. The molecule has 3 rings (SSSR count). The second kappa shape index (κ2) is 5.00. The molecule has 0 spiro atoms. The van der Waals surface area contributed by atoms with Gasteiger partial charge in [0.2, 0.25) is 0 Å². The molecule has 2 aromatic carbocycles. The molecule has 0 bridgehead atoms. The van der Waals surface area contributed by atoms with E-state index >= 15 is 0 Å². The fourth-order valence-electron chi connectivity index (χ4n) is 2.13. The number of hydrogen-bond donors (Lipinski definition) is 1. The zero-order chi connectivity index (χ0) is 15.0. The Bertz CT molecular complexity index is 908. The van der Waals surface area contributed by atoms with Crippen molar-refractivity contribution in [1.29, 1.82) is 5.26 Å². The van der Waals surface area contributed by atoms with E-state index in [1.165, 1.54) is 23.6 Å². The van der Waals surface area contributed by atoms with Crippen molar-refractivity contribution in [1.82, 2.24) is 4.98 Å². The second-order valence-corrected chi connectivity index (χ2v) is 5.48. The lowest BCUT2D eigenvalue weighted by atomic mass is 10.0. The quantitative estimate of drug-likeness (QED) is 0.708. The van der Waals surface area contributed by atoms with Crippen molar-refractivity contribution in [3.05, 3.63) is 59.4 Å². The van der Waals surface area contributed by atoms with E-state index in [1.54, 1.807) is 24.3 Å². The highest BCUT2D eigenvalue weighted by atomic mass is 32.1. The number of thiazole rings is 1. The van der Waals surface area contributed by atoms with Gasteiger partial charge >= 0.3 is 0 Å². The number of fused-ring (bicyclic) bond motifs is 1. The summed E-state index contributed by atoms with van der Waals surface area (Å²) in [5, 5.41) is 20.2. The fraction of sp³-hybridized carbons (Fsp3) is 0. The molecule has 0 saturated carbocycles. The molecule has 3 nitrogen and oxygen atoms in total. The van der Waals surface area contributed by atoms with E-state index in [0.717, 1.165) is 0 Å². The number of halogens is 1. The summed E-state index contributed by atoms with van der Waals surface area (Å²) in [5.74, 6) is -0.467. The molecule has 0 atom stereocenters. The SMILES string of the molecule is C=C(O)c1cnc(-c2cc(C#N)c3c(F)cccc3c2)s1.